The largest absolute Gasteiger partial charge is 0.248 e. The molecule has 146 valence electrons. The van der Waals surface area contributed by atoms with Crippen LogP contribution in [-0.2, 0) is 19.9 Å². The number of halogens is 3. The van der Waals surface area contributed by atoms with Crippen molar-refractivity contribution in [1.82, 2.24) is 4.31 Å². The number of piperidine rings is 1. The SMILES string of the molecule is O=S(=O)(c1ccc(F)cc1)[C@H]1CCCN(S(=O)(=O)c2c(F)cccc2F)C1. The summed E-state index contributed by atoms with van der Waals surface area (Å²) in [5.74, 6) is -3.08. The van der Waals surface area contributed by atoms with Gasteiger partial charge in [-0.25, -0.2) is 30.0 Å². The molecule has 0 aliphatic carbocycles. The van der Waals surface area contributed by atoms with Crippen LogP contribution in [0.1, 0.15) is 12.8 Å². The van der Waals surface area contributed by atoms with Crippen LogP contribution in [0.25, 0.3) is 0 Å². The van der Waals surface area contributed by atoms with E-state index in [9.17, 15) is 30.0 Å². The van der Waals surface area contributed by atoms with Gasteiger partial charge >= 0.3 is 0 Å². The zero-order chi connectivity index (χ0) is 19.8. The molecule has 1 atom stereocenters. The Balaban J connectivity index is 1.93. The van der Waals surface area contributed by atoms with Gasteiger partial charge in [0.15, 0.2) is 14.7 Å². The van der Waals surface area contributed by atoms with E-state index in [2.05, 4.69) is 0 Å². The van der Waals surface area contributed by atoms with Gasteiger partial charge < -0.3 is 0 Å². The van der Waals surface area contributed by atoms with Crippen LogP contribution in [0.4, 0.5) is 13.2 Å². The van der Waals surface area contributed by atoms with Gasteiger partial charge in [-0.05, 0) is 49.2 Å². The van der Waals surface area contributed by atoms with Crippen LogP contribution in [0.3, 0.4) is 0 Å². The summed E-state index contributed by atoms with van der Waals surface area (Å²) >= 11 is 0. The minimum Gasteiger partial charge on any atom is -0.223 e. The maximum absolute atomic E-state index is 13.9. The van der Waals surface area contributed by atoms with Crippen LogP contribution in [0.5, 0.6) is 0 Å². The number of sulfone groups is 1. The van der Waals surface area contributed by atoms with Gasteiger partial charge in [0.2, 0.25) is 10.0 Å². The molecule has 0 unspecified atom stereocenters. The van der Waals surface area contributed by atoms with Gasteiger partial charge in [0.05, 0.1) is 10.1 Å². The van der Waals surface area contributed by atoms with Gasteiger partial charge in [-0.15, -0.1) is 0 Å². The Kier molecular flexibility index (Phi) is 5.33. The van der Waals surface area contributed by atoms with E-state index in [-0.39, 0.29) is 24.3 Å². The first-order chi connectivity index (χ1) is 12.6. The fraction of sp³-hybridized carbons (Fsp3) is 0.294. The van der Waals surface area contributed by atoms with Gasteiger partial charge in [-0.1, -0.05) is 6.07 Å². The standard InChI is InChI=1S/C17H16F3NO4S2/c18-12-6-8-13(9-7-12)26(22,23)14-3-2-10-21(11-14)27(24,25)17-15(19)4-1-5-16(17)20/h1,4-9,14H,2-3,10-11H2/t14-/m0/s1. The third-order valence-corrected chi connectivity index (χ3v) is 8.55. The lowest BCUT2D eigenvalue weighted by atomic mass is 10.2. The highest BCUT2D eigenvalue weighted by atomic mass is 32.2. The zero-order valence-electron chi connectivity index (χ0n) is 14.0. The molecule has 0 aromatic heterocycles. The Morgan fingerprint density at radius 1 is 0.889 bits per heavy atom. The number of hydrogen-bond donors (Lipinski definition) is 0. The Hall–Kier alpha value is -1.91. The molecule has 2 aromatic carbocycles. The second-order valence-corrected chi connectivity index (χ2v) is 10.3. The van der Waals surface area contributed by atoms with Crippen LogP contribution < -0.4 is 0 Å². The first-order valence-corrected chi connectivity index (χ1v) is 11.1. The maximum atomic E-state index is 13.9. The van der Waals surface area contributed by atoms with Crippen molar-refractivity contribution in [3.63, 3.8) is 0 Å². The molecule has 3 rings (SSSR count). The molecular weight excluding hydrogens is 403 g/mol. The maximum Gasteiger partial charge on any atom is 0.248 e. The van der Waals surface area contributed by atoms with Gasteiger partial charge in [0.25, 0.3) is 0 Å². The van der Waals surface area contributed by atoms with E-state index < -0.39 is 54.0 Å². The van der Waals surface area contributed by atoms with Crippen molar-refractivity contribution in [3.05, 3.63) is 59.9 Å². The lowest BCUT2D eigenvalue weighted by Gasteiger charge is -2.31. The molecule has 27 heavy (non-hydrogen) atoms. The molecule has 1 fully saturated rings. The summed E-state index contributed by atoms with van der Waals surface area (Å²) < 4.78 is 92.6. The fourth-order valence-corrected chi connectivity index (χ4v) is 6.53. The summed E-state index contributed by atoms with van der Waals surface area (Å²) in [7, 11) is -8.48. The summed E-state index contributed by atoms with van der Waals surface area (Å²) in [5, 5.41) is -1.10. The van der Waals surface area contributed by atoms with Crippen LogP contribution >= 0.6 is 0 Å². The van der Waals surface area contributed by atoms with E-state index >= 15 is 0 Å². The van der Waals surface area contributed by atoms with E-state index in [4.69, 9.17) is 0 Å². The first kappa shape index (κ1) is 19.8. The number of benzene rings is 2. The number of nitrogens with zero attached hydrogens (tertiary/aromatic N) is 1. The summed E-state index contributed by atoms with van der Waals surface area (Å²) in [6, 6.07) is 6.90. The topological polar surface area (TPSA) is 71.5 Å². The zero-order valence-corrected chi connectivity index (χ0v) is 15.6. The van der Waals surface area contributed by atoms with Crippen molar-refractivity contribution < 1.29 is 30.0 Å². The normalized spacial score (nSPS) is 19.1. The molecule has 1 aliphatic heterocycles. The number of rotatable bonds is 4. The molecule has 0 saturated carbocycles. The monoisotopic (exact) mass is 419 g/mol. The average molecular weight is 419 g/mol. The van der Waals surface area contributed by atoms with E-state index in [1.807, 2.05) is 0 Å². The summed E-state index contributed by atoms with van der Waals surface area (Å²) in [6.07, 6.45) is 0.395. The third-order valence-electron chi connectivity index (χ3n) is 4.44. The lowest BCUT2D eigenvalue weighted by molar-refractivity contribution is 0.342. The fourth-order valence-electron chi connectivity index (χ4n) is 3.05. The van der Waals surface area contributed by atoms with Gasteiger partial charge in [-0.2, -0.15) is 4.31 Å². The second-order valence-electron chi connectivity index (χ2n) is 6.18. The molecule has 1 aliphatic rings. The molecule has 10 heteroatoms. The van der Waals surface area contributed by atoms with E-state index in [1.54, 1.807) is 0 Å². The van der Waals surface area contributed by atoms with Crippen LogP contribution in [0.2, 0.25) is 0 Å². The summed E-state index contributed by atoms with van der Waals surface area (Å²) in [6.45, 7) is -0.485. The van der Waals surface area contributed by atoms with Crippen LogP contribution in [-0.4, -0.2) is 39.5 Å². The predicted octanol–water partition coefficient (Wildman–Crippen LogP) is 2.73. The second kappa shape index (κ2) is 7.25. The molecule has 0 amide bonds. The molecule has 0 N–H and O–H groups in total. The highest BCUT2D eigenvalue weighted by Crippen LogP contribution is 2.29. The Morgan fingerprint density at radius 3 is 2.07 bits per heavy atom. The van der Waals surface area contributed by atoms with Gasteiger partial charge in [0.1, 0.15) is 17.5 Å². The highest BCUT2D eigenvalue weighted by Gasteiger charge is 2.39. The first-order valence-electron chi connectivity index (χ1n) is 8.07. The molecule has 0 bridgehead atoms. The highest BCUT2D eigenvalue weighted by molar-refractivity contribution is 7.92. The van der Waals surface area contributed by atoms with Crippen molar-refractivity contribution in [2.75, 3.05) is 13.1 Å². The van der Waals surface area contributed by atoms with Crippen molar-refractivity contribution >= 4 is 19.9 Å². The Morgan fingerprint density at radius 2 is 1.48 bits per heavy atom. The molecule has 1 heterocycles. The van der Waals surface area contributed by atoms with Crippen molar-refractivity contribution in [3.8, 4) is 0 Å². The minimum absolute atomic E-state index is 0.0501. The van der Waals surface area contributed by atoms with Crippen LogP contribution in [0.15, 0.2) is 52.3 Å². The average Bonchev–Trinajstić information content (AvgIpc) is 2.62. The minimum atomic E-state index is -4.55. The Bertz CT molecular complexity index is 1030. The summed E-state index contributed by atoms with van der Waals surface area (Å²) in [5.41, 5.74) is 0. The molecular formula is C17H16F3NO4S2. The smallest absolute Gasteiger partial charge is 0.223 e. The van der Waals surface area contributed by atoms with Gasteiger partial charge in [-0.3, -0.25) is 0 Å². The van der Waals surface area contributed by atoms with E-state index in [0.717, 1.165) is 46.8 Å². The van der Waals surface area contributed by atoms with Crippen molar-refractivity contribution in [1.29, 1.82) is 0 Å². The van der Waals surface area contributed by atoms with E-state index in [1.165, 1.54) is 0 Å². The number of hydrogen-bond acceptors (Lipinski definition) is 4. The van der Waals surface area contributed by atoms with Crippen LogP contribution in [0, 0.1) is 17.5 Å². The van der Waals surface area contributed by atoms with Gasteiger partial charge in [0, 0.05) is 13.1 Å². The van der Waals surface area contributed by atoms with E-state index in [0.29, 0.717) is 0 Å². The molecule has 0 radical (unpaired) electrons. The summed E-state index contributed by atoms with van der Waals surface area (Å²) in [4.78, 5) is -1.23. The molecule has 5 nitrogen and oxygen atoms in total. The predicted molar refractivity (Wildman–Crippen MR) is 91.7 cm³/mol. The number of sulfonamides is 1. The Labute approximate surface area is 155 Å². The quantitative estimate of drug-likeness (QED) is 0.715. The lowest BCUT2D eigenvalue weighted by Crippen LogP contribution is -2.45. The van der Waals surface area contributed by atoms with Crippen molar-refractivity contribution in [2.24, 2.45) is 0 Å². The molecule has 1 saturated heterocycles. The molecule has 0 spiro atoms. The molecule has 2 aromatic rings. The van der Waals surface area contributed by atoms with Crippen molar-refractivity contribution in [2.45, 2.75) is 27.9 Å². The third kappa shape index (κ3) is 3.74.